The smallest absolute Gasteiger partial charge is 0.279 e. The molecule has 0 saturated carbocycles. The summed E-state index contributed by atoms with van der Waals surface area (Å²) in [5, 5.41) is 2.70. The first-order valence-corrected chi connectivity index (χ1v) is 3.86. The van der Waals surface area contributed by atoms with E-state index >= 15 is 0 Å². The molecule has 1 aromatic rings. The van der Waals surface area contributed by atoms with Crippen molar-refractivity contribution in [2.45, 2.75) is 12.0 Å². The van der Waals surface area contributed by atoms with Crippen LogP contribution in [0, 0.1) is 0 Å². The minimum atomic E-state index is -2.57. The second-order valence-corrected chi connectivity index (χ2v) is 2.99. The van der Waals surface area contributed by atoms with Crippen molar-refractivity contribution in [3.05, 3.63) is 35.9 Å². The van der Waals surface area contributed by atoms with Gasteiger partial charge in [-0.15, -0.1) is 0 Å². The van der Waals surface area contributed by atoms with Gasteiger partial charge in [-0.05, 0) is 5.56 Å². The largest absolute Gasteiger partial charge is 0.299 e. The molecule has 1 aliphatic heterocycles. The number of benzene rings is 1. The number of alkyl halides is 2. The van der Waals surface area contributed by atoms with Crippen molar-refractivity contribution in [2.75, 3.05) is 6.54 Å². The topological polar surface area (TPSA) is 12.0 Å². The first-order valence-electron chi connectivity index (χ1n) is 3.86. The van der Waals surface area contributed by atoms with Crippen LogP contribution in [0.1, 0.15) is 11.6 Å². The highest BCUT2D eigenvalue weighted by atomic mass is 19.3. The number of nitrogens with one attached hydrogen (secondary N) is 1. The van der Waals surface area contributed by atoms with Crippen LogP contribution in [-0.4, -0.2) is 12.5 Å². The highest BCUT2D eigenvalue weighted by Gasteiger charge is 2.48. The zero-order chi connectivity index (χ0) is 8.60. The first-order chi connectivity index (χ1) is 5.70. The third-order valence-corrected chi connectivity index (χ3v) is 2.10. The van der Waals surface area contributed by atoms with Gasteiger partial charge in [-0.25, -0.2) is 8.78 Å². The number of rotatable bonds is 1. The predicted octanol–water partition coefficient (Wildman–Crippen LogP) is 1.97. The Hall–Kier alpha value is -0.960. The summed E-state index contributed by atoms with van der Waals surface area (Å²) in [6.45, 7) is -0.202. The van der Waals surface area contributed by atoms with Crippen molar-refractivity contribution in [3.63, 3.8) is 0 Å². The molecule has 1 aliphatic rings. The lowest BCUT2D eigenvalue weighted by Gasteiger charge is -2.37. The summed E-state index contributed by atoms with van der Waals surface area (Å²) in [5.74, 6) is -2.57. The van der Waals surface area contributed by atoms with E-state index in [4.69, 9.17) is 0 Å². The molecule has 1 heterocycles. The highest BCUT2D eigenvalue weighted by molar-refractivity contribution is 5.24. The molecule has 1 saturated heterocycles. The molecule has 0 bridgehead atoms. The lowest BCUT2D eigenvalue weighted by molar-refractivity contribution is -0.0970. The number of halogens is 2. The normalized spacial score (nSPS) is 26.3. The van der Waals surface area contributed by atoms with Crippen molar-refractivity contribution in [1.82, 2.24) is 5.32 Å². The van der Waals surface area contributed by atoms with E-state index in [1.165, 1.54) is 0 Å². The van der Waals surface area contributed by atoms with Crippen LogP contribution in [0.3, 0.4) is 0 Å². The fraction of sp³-hybridized carbons (Fsp3) is 0.333. The molecule has 1 atom stereocenters. The molecule has 0 amide bonds. The standard InChI is InChI=1S/C9H9F2N/c10-9(11)6-12-8(9)7-4-2-1-3-5-7/h1-5,8,12H,6H2. The van der Waals surface area contributed by atoms with Crippen molar-refractivity contribution in [3.8, 4) is 0 Å². The van der Waals surface area contributed by atoms with Gasteiger partial charge < -0.3 is 0 Å². The summed E-state index contributed by atoms with van der Waals surface area (Å²) in [6, 6.07) is 8.01. The molecule has 1 fully saturated rings. The van der Waals surface area contributed by atoms with Gasteiger partial charge in [0.15, 0.2) is 0 Å². The maximum absolute atomic E-state index is 12.8. The van der Waals surface area contributed by atoms with E-state index in [2.05, 4.69) is 5.32 Å². The second kappa shape index (κ2) is 2.52. The van der Waals surface area contributed by atoms with Gasteiger partial charge in [0.1, 0.15) is 0 Å². The van der Waals surface area contributed by atoms with Crippen LogP contribution in [0.5, 0.6) is 0 Å². The number of hydrogen-bond acceptors (Lipinski definition) is 1. The minimum absolute atomic E-state index is 0.202. The second-order valence-electron chi connectivity index (χ2n) is 2.99. The Labute approximate surface area is 69.4 Å². The third kappa shape index (κ3) is 1.10. The Kier molecular flexibility index (Phi) is 1.61. The van der Waals surface area contributed by atoms with E-state index in [9.17, 15) is 8.78 Å². The van der Waals surface area contributed by atoms with Gasteiger partial charge in [-0.2, -0.15) is 0 Å². The van der Waals surface area contributed by atoms with E-state index in [1.807, 2.05) is 6.07 Å². The Balaban J connectivity index is 2.22. The van der Waals surface area contributed by atoms with E-state index in [0.29, 0.717) is 5.56 Å². The predicted molar refractivity (Wildman–Crippen MR) is 42.1 cm³/mol. The average Bonchev–Trinajstić information content (AvgIpc) is 2.05. The van der Waals surface area contributed by atoms with Crippen molar-refractivity contribution < 1.29 is 8.78 Å². The van der Waals surface area contributed by atoms with E-state index in [1.54, 1.807) is 24.3 Å². The quantitative estimate of drug-likeness (QED) is 0.677. The molecule has 0 spiro atoms. The van der Waals surface area contributed by atoms with Crippen LogP contribution in [0.25, 0.3) is 0 Å². The SMILES string of the molecule is FC1(F)CNC1c1ccccc1. The van der Waals surface area contributed by atoms with Crippen molar-refractivity contribution >= 4 is 0 Å². The van der Waals surface area contributed by atoms with Crippen LogP contribution in [0.4, 0.5) is 8.78 Å². The molecule has 2 rings (SSSR count). The maximum Gasteiger partial charge on any atom is 0.279 e. The van der Waals surface area contributed by atoms with E-state index < -0.39 is 12.0 Å². The van der Waals surface area contributed by atoms with Gasteiger partial charge in [-0.3, -0.25) is 5.32 Å². The molecule has 1 N–H and O–H groups in total. The monoisotopic (exact) mass is 169 g/mol. The van der Waals surface area contributed by atoms with Crippen LogP contribution >= 0.6 is 0 Å². The average molecular weight is 169 g/mol. The molecule has 0 aromatic heterocycles. The maximum atomic E-state index is 12.8. The van der Waals surface area contributed by atoms with Crippen LogP contribution in [0.2, 0.25) is 0 Å². The summed E-state index contributed by atoms with van der Waals surface area (Å²) in [6.07, 6.45) is 0. The summed E-state index contributed by atoms with van der Waals surface area (Å²) in [5.41, 5.74) is 0.661. The molecule has 1 nitrogen and oxygen atoms in total. The highest BCUT2D eigenvalue weighted by Crippen LogP contribution is 2.37. The van der Waals surface area contributed by atoms with Crippen molar-refractivity contribution in [2.24, 2.45) is 0 Å². The van der Waals surface area contributed by atoms with E-state index in [-0.39, 0.29) is 6.54 Å². The Morgan fingerprint density at radius 1 is 1.25 bits per heavy atom. The third-order valence-electron chi connectivity index (χ3n) is 2.10. The van der Waals surface area contributed by atoms with Gasteiger partial charge in [-0.1, -0.05) is 30.3 Å². The molecule has 0 aliphatic carbocycles. The molecule has 1 aromatic carbocycles. The molecule has 0 radical (unpaired) electrons. The minimum Gasteiger partial charge on any atom is -0.299 e. The van der Waals surface area contributed by atoms with Crippen LogP contribution < -0.4 is 5.32 Å². The van der Waals surface area contributed by atoms with Crippen LogP contribution in [0.15, 0.2) is 30.3 Å². The first kappa shape index (κ1) is 7.68. The van der Waals surface area contributed by atoms with Gasteiger partial charge in [0, 0.05) is 0 Å². The van der Waals surface area contributed by atoms with Gasteiger partial charge in [0.2, 0.25) is 0 Å². The molecule has 3 heteroatoms. The van der Waals surface area contributed by atoms with E-state index in [0.717, 1.165) is 0 Å². The lowest BCUT2D eigenvalue weighted by Crippen LogP contribution is -2.55. The Morgan fingerprint density at radius 2 is 1.92 bits per heavy atom. The van der Waals surface area contributed by atoms with Gasteiger partial charge >= 0.3 is 0 Å². The molecule has 12 heavy (non-hydrogen) atoms. The van der Waals surface area contributed by atoms with Gasteiger partial charge in [0.05, 0.1) is 12.6 Å². The fourth-order valence-electron chi connectivity index (χ4n) is 1.37. The molecular formula is C9H9F2N. The molecule has 64 valence electrons. The Bertz CT molecular complexity index is 271. The zero-order valence-corrected chi connectivity index (χ0v) is 6.43. The van der Waals surface area contributed by atoms with Crippen LogP contribution in [-0.2, 0) is 0 Å². The number of hydrogen-bond donors (Lipinski definition) is 1. The summed E-state index contributed by atoms with van der Waals surface area (Å²) < 4.78 is 25.7. The van der Waals surface area contributed by atoms with Crippen molar-refractivity contribution in [1.29, 1.82) is 0 Å². The summed E-state index contributed by atoms with van der Waals surface area (Å²) in [7, 11) is 0. The lowest BCUT2D eigenvalue weighted by atomic mass is 9.94. The Morgan fingerprint density at radius 3 is 2.33 bits per heavy atom. The molecule has 1 unspecified atom stereocenters. The fourth-order valence-corrected chi connectivity index (χ4v) is 1.37. The molecular weight excluding hydrogens is 160 g/mol. The summed E-state index contributed by atoms with van der Waals surface area (Å²) >= 11 is 0. The summed E-state index contributed by atoms with van der Waals surface area (Å²) in [4.78, 5) is 0. The van der Waals surface area contributed by atoms with Gasteiger partial charge in [0.25, 0.3) is 5.92 Å². The zero-order valence-electron chi connectivity index (χ0n) is 6.43.